The van der Waals surface area contributed by atoms with E-state index in [1.807, 2.05) is 25.1 Å². The minimum Gasteiger partial charge on any atom is -0.328 e. The van der Waals surface area contributed by atoms with Gasteiger partial charge in [-0.15, -0.1) is 0 Å². The van der Waals surface area contributed by atoms with Gasteiger partial charge in [-0.05, 0) is 19.8 Å². The maximum Gasteiger partial charge on any atom is 0.140 e. The van der Waals surface area contributed by atoms with Gasteiger partial charge in [0.1, 0.15) is 12.1 Å². The Morgan fingerprint density at radius 2 is 2.11 bits per heavy atom. The first-order chi connectivity index (χ1) is 8.79. The van der Waals surface area contributed by atoms with Crippen molar-refractivity contribution in [1.29, 1.82) is 0 Å². The van der Waals surface area contributed by atoms with Crippen LogP contribution in [0.2, 0.25) is 0 Å². The molecule has 3 heteroatoms. The highest BCUT2D eigenvalue weighted by Crippen LogP contribution is 2.28. The quantitative estimate of drug-likeness (QED) is 0.756. The molecule has 0 bridgehead atoms. The van der Waals surface area contributed by atoms with Crippen molar-refractivity contribution in [2.24, 2.45) is 5.92 Å². The molecule has 0 spiro atoms. The summed E-state index contributed by atoms with van der Waals surface area (Å²) in [6.45, 7) is 2.93. The smallest absolute Gasteiger partial charge is 0.140 e. The monoisotopic (exact) mass is 240 g/mol. The maximum atomic E-state index is 10.9. The number of imidazole rings is 1. The van der Waals surface area contributed by atoms with Crippen LogP contribution in [0.25, 0.3) is 11.4 Å². The molecule has 3 rings (SSSR count). The van der Waals surface area contributed by atoms with Crippen molar-refractivity contribution in [2.75, 3.05) is 0 Å². The molecule has 1 aliphatic rings. The molecule has 2 aromatic rings. The molecule has 0 saturated heterocycles. The van der Waals surface area contributed by atoms with E-state index < -0.39 is 0 Å². The number of benzene rings is 1. The third kappa shape index (κ3) is 1.76. The maximum absolute atomic E-state index is 10.9. The molecule has 0 saturated carbocycles. The van der Waals surface area contributed by atoms with Crippen LogP contribution in [-0.2, 0) is 17.8 Å². The van der Waals surface area contributed by atoms with Crippen molar-refractivity contribution < 1.29 is 4.79 Å². The molecule has 1 aromatic carbocycles. The summed E-state index contributed by atoms with van der Waals surface area (Å²) >= 11 is 0. The molecule has 3 nitrogen and oxygen atoms in total. The zero-order chi connectivity index (χ0) is 12.5. The van der Waals surface area contributed by atoms with E-state index in [1.54, 1.807) is 0 Å². The molecule has 0 radical (unpaired) electrons. The van der Waals surface area contributed by atoms with Gasteiger partial charge >= 0.3 is 0 Å². The first kappa shape index (κ1) is 11.2. The molecule has 0 amide bonds. The van der Waals surface area contributed by atoms with E-state index in [1.165, 1.54) is 5.69 Å². The van der Waals surface area contributed by atoms with E-state index in [2.05, 4.69) is 21.7 Å². The highest BCUT2D eigenvalue weighted by molar-refractivity contribution is 5.59. The van der Waals surface area contributed by atoms with Gasteiger partial charge in [-0.1, -0.05) is 30.3 Å². The minimum atomic E-state index is 0.163. The number of fused-ring (bicyclic) bond motifs is 1. The topological polar surface area (TPSA) is 34.9 Å². The van der Waals surface area contributed by atoms with Gasteiger partial charge in [0.05, 0.1) is 5.69 Å². The average molecular weight is 240 g/mol. The summed E-state index contributed by atoms with van der Waals surface area (Å²) in [6, 6.07) is 10.2. The van der Waals surface area contributed by atoms with Gasteiger partial charge in [-0.2, -0.15) is 0 Å². The van der Waals surface area contributed by atoms with Gasteiger partial charge in [-0.3, -0.25) is 0 Å². The number of hydrogen-bond donors (Lipinski definition) is 0. The average Bonchev–Trinajstić information content (AvgIpc) is 2.77. The Bertz CT molecular complexity index is 572. The van der Waals surface area contributed by atoms with Crippen LogP contribution in [0.5, 0.6) is 0 Å². The largest absolute Gasteiger partial charge is 0.328 e. The van der Waals surface area contributed by atoms with Gasteiger partial charge < -0.3 is 9.36 Å². The Morgan fingerprint density at radius 3 is 2.83 bits per heavy atom. The van der Waals surface area contributed by atoms with Crippen LogP contribution < -0.4 is 0 Å². The number of hydrogen-bond acceptors (Lipinski definition) is 2. The summed E-state index contributed by atoms with van der Waals surface area (Å²) in [5, 5.41) is 0. The number of nitrogens with zero attached hydrogens (tertiary/aromatic N) is 2. The van der Waals surface area contributed by atoms with Crippen LogP contribution in [0.3, 0.4) is 0 Å². The summed E-state index contributed by atoms with van der Waals surface area (Å²) in [5.74, 6) is 1.20. The molecule has 1 aromatic heterocycles. The first-order valence-corrected chi connectivity index (χ1v) is 6.36. The Labute approximate surface area is 106 Å². The number of aromatic nitrogens is 2. The summed E-state index contributed by atoms with van der Waals surface area (Å²) in [4.78, 5) is 15.6. The lowest BCUT2D eigenvalue weighted by molar-refractivity contribution is -0.111. The van der Waals surface area contributed by atoms with Gasteiger partial charge in [-0.25, -0.2) is 4.98 Å². The molecule has 1 unspecified atom stereocenters. The molecule has 2 heterocycles. The standard InChI is InChI=1S/C15H16N2O/c1-11-14-9-12(10-18)7-8-17(14)15(16-11)13-5-3-2-4-6-13/h2-6,10,12H,7-9H2,1H3. The number of rotatable bonds is 2. The van der Waals surface area contributed by atoms with E-state index in [0.29, 0.717) is 0 Å². The molecule has 18 heavy (non-hydrogen) atoms. The Balaban J connectivity index is 2.07. The number of aryl methyl sites for hydroxylation is 1. The van der Waals surface area contributed by atoms with E-state index >= 15 is 0 Å². The van der Waals surface area contributed by atoms with Crippen molar-refractivity contribution in [3.8, 4) is 11.4 Å². The Hall–Kier alpha value is -1.90. The minimum absolute atomic E-state index is 0.163. The summed E-state index contributed by atoms with van der Waals surface area (Å²) < 4.78 is 2.27. The number of carbonyl (C=O) groups is 1. The third-order valence-corrected chi connectivity index (χ3v) is 3.68. The van der Waals surface area contributed by atoms with E-state index in [-0.39, 0.29) is 5.92 Å². The molecule has 1 aliphatic heterocycles. The molecule has 0 N–H and O–H groups in total. The Kier molecular flexibility index (Phi) is 2.74. The van der Waals surface area contributed by atoms with Crippen molar-refractivity contribution in [3.05, 3.63) is 41.7 Å². The zero-order valence-corrected chi connectivity index (χ0v) is 10.5. The highest BCUT2D eigenvalue weighted by Gasteiger charge is 2.23. The summed E-state index contributed by atoms with van der Waals surface area (Å²) in [7, 11) is 0. The second-order valence-corrected chi connectivity index (χ2v) is 4.87. The van der Waals surface area contributed by atoms with Gasteiger partial charge in [0.15, 0.2) is 0 Å². The molecule has 0 aliphatic carbocycles. The van der Waals surface area contributed by atoms with Crippen LogP contribution in [0, 0.1) is 12.8 Å². The molecule has 92 valence electrons. The SMILES string of the molecule is Cc1nc(-c2ccccc2)n2c1CC(C=O)CC2. The van der Waals surface area contributed by atoms with Gasteiger partial charge in [0, 0.05) is 23.7 Å². The van der Waals surface area contributed by atoms with Crippen LogP contribution in [0.15, 0.2) is 30.3 Å². The van der Waals surface area contributed by atoms with E-state index in [0.717, 1.165) is 42.8 Å². The number of carbonyl (C=O) groups excluding carboxylic acids is 1. The molecule has 0 fully saturated rings. The van der Waals surface area contributed by atoms with E-state index in [4.69, 9.17) is 0 Å². The normalized spacial score (nSPS) is 18.4. The fourth-order valence-corrected chi connectivity index (χ4v) is 2.67. The zero-order valence-electron chi connectivity index (χ0n) is 10.5. The molecular formula is C15H16N2O. The summed E-state index contributed by atoms with van der Waals surface area (Å²) in [6.07, 6.45) is 2.83. The van der Waals surface area contributed by atoms with Crippen LogP contribution in [0.4, 0.5) is 0 Å². The third-order valence-electron chi connectivity index (χ3n) is 3.68. The van der Waals surface area contributed by atoms with Crippen molar-refractivity contribution in [1.82, 2.24) is 9.55 Å². The molecule has 1 atom stereocenters. The van der Waals surface area contributed by atoms with Crippen LogP contribution in [-0.4, -0.2) is 15.8 Å². The highest BCUT2D eigenvalue weighted by atomic mass is 16.1. The van der Waals surface area contributed by atoms with Crippen molar-refractivity contribution in [3.63, 3.8) is 0 Å². The number of aldehydes is 1. The lowest BCUT2D eigenvalue weighted by atomic mass is 9.96. The predicted molar refractivity (Wildman–Crippen MR) is 70.3 cm³/mol. The summed E-state index contributed by atoms with van der Waals surface area (Å²) in [5.41, 5.74) is 3.43. The van der Waals surface area contributed by atoms with Gasteiger partial charge in [0.2, 0.25) is 0 Å². The first-order valence-electron chi connectivity index (χ1n) is 6.36. The van der Waals surface area contributed by atoms with Crippen molar-refractivity contribution in [2.45, 2.75) is 26.3 Å². The second kappa shape index (κ2) is 4.41. The lowest BCUT2D eigenvalue weighted by Crippen LogP contribution is -2.20. The fourth-order valence-electron chi connectivity index (χ4n) is 2.67. The fraction of sp³-hybridized carbons (Fsp3) is 0.333. The van der Waals surface area contributed by atoms with Gasteiger partial charge in [0.25, 0.3) is 0 Å². The Morgan fingerprint density at radius 1 is 1.33 bits per heavy atom. The molecular weight excluding hydrogens is 224 g/mol. The second-order valence-electron chi connectivity index (χ2n) is 4.87. The predicted octanol–water partition coefficient (Wildman–Crippen LogP) is 2.62. The van der Waals surface area contributed by atoms with Crippen LogP contribution in [0.1, 0.15) is 17.8 Å². The lowest BCUT2D eigenvalue weighted by Gasteiger charge is -2.21. The van der Waals surface area contributed by atoms with E-state index in [9.17, 15) is 4.79 Å². The van der Waals surface area contributed by atoms with Crippen molar-refractivity contribution >= 4 is 6.29 Å². The van der Waals surface area contributed by atoms with Crippen LogP contribution >= 0.6 is 0 Å².